The highest BCUT2D eigenvalue weighted by Crippen LogP contribution is 2.35. The van der Waals surface area contributed by atoms with Crippen LogP contribution < -0.4 is 4.74 Å². The number of aromatic nitrogens is 4. The van der Waals surface area contributed by atoms with Crippen LogP contribution >= 0.6 is 11.6 Å². The zero-order chi connectivity index (χ0) is 26.7. The van der Waals surface area contributed by atoms with E-state index in [1.54, 1.807) is 12.1 Å². The standard InChI is InChI=1S/C31H32ClN5O/c1-5-22-11-14-24(15-12-22)26-19-23(20-36(4)21-31(2,3)25-9-7-6-8-10-25)13-16-27(26)38-29-18-17-28-33-34-30(32)37(28)35-29/h6-19H,5,20-21H2,1-4H3. The van der Waals surface area contributed by atoms with Crippen LogP contribution in [0.3, 0.4) is 0 Å². The fourth-order valence-electron chi connectivity index (χ4n) is 4.85. The third-order valence-electron chi connectivity index (χ3n) is 6.80. The van der Waals surface area contributed by atoms with E-state index >= 15 is 0 Å². The number of fused-ring (bicyclic) bond motifs is 1. The van der Waals surface area contributed by atoms with Gasteiger partial charge in [0.15, 0.2) is 5.65 Å². The van der Waals surface area contributed by atoms with Crippen LogP contribution in [0.25, 0.3) is 16.8 Å². The number of likely N-dealkylation sites (N-methyl/N-ethyl adjacent to an activating group) is 1. The van der Waals surface area contributed by atoms with Crippen molar-refractivity contribution >= 4 is 17.2 Å². The van der Waals surface area contributed by atoms with Crippen molar-refractivity contribution in [3.63, 3.8) is 0 Å². The lowest BCUT2D eigenvalue weighted by Crippen LogP contribution is -2.34. The maximum absolute atomic E-state index is 6.29. The lowest BCUT2D eigenvalue weighted by Gasteiger charge is -2.31. The Kier molecular flexibility index (Phi) is 7.45. The predicted octanol–water partition coefficient (Wildman–Crippen LogP) is 7.21. The highest BCUT2D eigenvalue weighted by atomic mass is 35.5. The molecule has 0 unspecified atom stereocenters. The lowest BCUT2D eigenvalue weighted by molar-refractivity contribution is 0.261. The summed E-state index contributed by atoms with van der Waals surface area (Å²) in [6.07, 6.45) is 0.995. The van der Waals surface area contributed by atoms with E-state index in [4.69, 9.17) is 16.3 Å². The molecule has 0 aliphatic carbocycles. The van der Waals surface area contributed by atoms with Gasteiger partial charge in [-0.2, -0.15) is 4.52 Å². The lowest BCUT2D eigenvalue weighted by atomic mass is 9.84. The van der Waals surface area contributed by atoms with E-state index in [1.807, 2.05) is 6.07 Å². The van der Waals surface area contributed by atoms with Crippen molar-refractivity contribution in [3.05, 3.63) is 107 Å². The van der Waals surface area contributed by atoms with E-state index in [0.717, 1.165) is 36.4 Å². The molecule has 0 fully saturated rings. The van der Waals surface area contributed by atoms with Gasteiger partial charge in [0.25, 0.3) is 0 Å². The third-order valence-corrected chi connectivity index (χ3v) is 7.04. The van der Waals surface area contributed by atoms with E-state index < -0.39 is 0 Å². The second-order valence-electron chi connectivity index (χ2n) is 10.3. The molecule has 7 heteroatoms. The van der Waals surface area contributed by atoms with Crippen LogP contribution in [0.4, 0.5) is 0 Å². The second-order valence-corrected chi connectivity index (χ2v) is 10.7. The van der Waals surface area contributed by atoms with Crippen molar-refractivity contribution in [3.8, 4) is 22.8 Å². The fourth-order valence-corrected chi connectivity index (χ4v) is 5.01. The Labute approximate surface area is 228 Å². The average Bonchev–Trinajstić information content (AvgIpc) is 3.29. The highest BCUT2D eigenvalue weighted by Gasteiger charge is 2.22. The number of halogens is 1. The molecule has 0 radical (unpaired) electrons. The van der Waals surface area contributed by atoms with Gasteiger partial charge in [0, 0.05) is 30.1 Å². The largest absolute Gasteiger partial charge is 0.437 e. The van der Waals surface area contributed by atoms with Gasteiger partial charge in [0.1, 0.15) is 5.75 Å². The van der Waals surface area contributed by atoms with Gasteiger partial charge in [-0.1, -0.05) is 81.4 Å². The van der Waals surface area contributed by atoms with Crippen molar-refractivity contribution in [1.29, 1.82) is 0 Å². The summed E-state index contributed by atoms with van der Waals surface area (Å²) in [6, 6.07) is 29.3. The van der Waals surface area contributed by atoms with Crippen LogP contribution in [0.1, 0.15) is 37.5 Å². The van der Waals surface area contributed by atoms with Crippen LogP contribution in [-0.2, 0) is 18.4 Å². The molecule has 5 rings (SSSR count). The Morgan fingerprint density at radius 1 is 0.895 bits per heavy atom. The molecule has 0 aliphatic heterocycles. The minimum Gasteiger partial charge on any atom is -0.437 e. The molecule has 38 heavy (non-hydrogen) atoms. The molecule has 0 amide bonds. The minimum absolute atomic E-state index is 0.0334. The zero-order valence-corrected chi connectivity index (χ0v) is 23.0. The van der Waals surface area contributed by atoms with Crippen LogP contribution in [0.5, 0.6) is 11.6 Å². The van der Waals surface area contributed by atoms with Gasteiger partial charge in [-0.15, -0.1) is 15.3 Å². The first kappa shape index (κ1) is 25.9. The number of aryl methyl sites for hydroxylation is 1. The van der Waals surface area contributed by atoms with E-state index in [9.17, 15) is 0 Å². The van der Waals surface area contributed by atoms with E-state index in [-0.39, 0.29) is 10.7 Å². The predicted molar refractivity (Wildman–Crippen MR) is 153 cm³/mol. The van der Waals surface area contributed by atoms with Gasteiger partial charge in [-0.25, -0.2) is 0 Å². The number of benzene rings is 3. The highest BCUT2D eigenvalue weighted by molar-refractivity contribution is 6.28. The summed E-state index contributed by atoms with van der Waals surface area (Å²) < 4.78 is 7.75. The van der Waals surface area contributed by atoms with Crippen LogP contribution in [0.2, 0.25) is 5.28 Å². The summed E-state index contributed by atoms with van der Waals surface area (Å²) in [5, 5.41) is 12.5. The van der Waals surface area contributed by atoms with E-state index in [2.05, 4.69) is 115 Å². The fraction of sp³-hybridized carbons (Fsp3) is 0.258. The third kappa shape index (κ3) is 5.72. The number of rotatable bonds is 9. The molecule has 0 spiro atoms. The maximum Gasteiger partial charge on any atom is 0.246 e. The Morgan fingerprint density at radius 3 is 2.37 bits per heavy atom. The van der Waals surface area contributed by atoms with E-state index in [0.29, 0.717) is 11.5 Å². The number of hydrogen-bond acceptors (Lipinski definition) is 5. The Bertz CT molecular complexity index is 1530. The first-order valence-electron chi connectivity index (χ1n) is 12.8. The summed E-state index contributed by atoms with van der Waals surface area (Å²) in [4.78, 5) is 2.37. The molecule has 194 valence electrons. The van der Waals surface area contributed by atoms with Crippen molar-refractivity contribution in [1.82, 2.24) is 24.7 Å². The topological polar surface area (TPSA) is 55.5 Å². The monoisotopic (exact) mass is 525 g/mol. The molecule has 0 aliphatic rings. The molecule has 0 saturated carbocycles. The summed E-state index contributed by atoms with van der Waals surface area (Å²) in [6.45, 7) is 8.50. The first-order chi connectivity index (χ1) is 18.3. The molecule has 2 heterocycles. The molecule has 0 bridgehead atoms. The molecular formula is C31H32ClN5O. The molecule has 0 N–H and O–H groups in total. The molecule has 5 aromatic rings. The minimum atomic E-state index is 0.0334. The number of hydrogen-bond donors (Lipinski definition) is 0. The van der Waals surface area contributed by atoms with Crippen molar-refractivity contribution in [2.75, 3.05) is 13.6 Å². The normalized spacial score (nSPS) is 11.8. The molecule has 0 atom stereocenters. The number of nitrogens with zero attached hydrogens (tertiary/aromatic N) is 5. The Hall–Kier alpha value is -3.74. The molecular weight excluding hydrogens is 494 g/mol. The zero-order valence-electron chi connectivity index (χ0n) is 22.2. The van der Waals surface area contributed by atoms with Gasteiger partial charge in [-0.3, -0.25) is 0 Å². The molecule has 3 aromatic carbocycles. The summed E-state index contributed by atoms with van der Waals surface area (Å²) in [7, 11) is 2.17. The van der Waals surface area contributed by atoms with E-state index in [1.165, 1.54) is 21.2 Å². The summed E-state index contributed by atoms with van der Waals surface area (Å²) in [5.74, 6) is 1.14. The van der Waals surface area contributed by atoms with Crippen LogP contribution in [0.15, 0.2) is 84.9 Å². The number of ether oxygens (including phenoxy) is 1. The Balaban J connectivity index is 1.43. The molecule has 6 nitrogen and oxygen atoms in total. The van der Waals surface area contributed by atoms with Crippen LogP contribution in [-0.4, -0.2) is 38.3 Å². The van der Waals surface area contributed by atoms with Gasteiger partial charge in [0.05, 0.1) is 0 Å². The SMILES string of the molecule is CCc1ccc(-c2cc(CN(C)CC(C)(C)c3ccccc3)ccc2Oc2ccc3nnc(Cl)n3n2)cc1. The molecule has 2 aromatic heterocycles. The van der Waals surface area contributed by atoms with Gasteiger partial charge >= 0.3 is 0 Å². The van der Waals surface area contributed by atoms with Crippen LogP contribution in [0, 0.1) is 0 Å². The van der Waals surface area contributed by atoms with Gasteiger partial charge in [0.2, 0.25) is 11.2 Å². The second kappa shape index (κ2) is 10.9. The quantitative estimate of drug-likeness (QED) is 0.203. The Morgan fingerprint density at radius 2 is 1.63 bits per heavy atom. The average molecular weight is 526 g/mol. The van der Waals surface area contributed by atoms with Crippen molar-refractivity contribution in [2.45, 2.75) is 39.2 Å². The first-order valence-corrected chi connectivity index (χ1v) is 13.2. The maximum atomic E-state index is 6.29. The summed E-state index contributed by atoms with van der Waals surface area (Å²) in [5.41, 5.74) is 6.55. The smallest absolute Gasteiger partial charge is 0.246 e. The van der Waals surface area contributed by atoms with Crippen molar-refractivity contribution in [2.24, 2.45) is 0 Å². The van der Waals surface area contributed by atoms with Gasteiger partial charge < -0.3 is 9.64 Å². The van der Waals surface area contributed by atoms with Crippen molar-refractivity contribution < 1.29 is 4.74 Å². The van der Waals surface area contributed by atoms with Gasteiger partial charge in [-0.05, 0) is 65.5 Å². The molecule has 0 saturated heterocycles. The summed E-state index contributed by atoms with van der Waals surface area (Å²) >= 11 is 6.12.